The molecule has 0 fully saturated rings. The number of aromatic nitrogens is 2. The molecule has 108 valence electrons. The van der Waals surface area contributed by atoms with Gasteiger partial charge in [0.2, 0.25) is 0 Å². The standard InChI is InChI=1S/C14H6N2S6/c1-2-4-8-7(3-1)17-11-12(18-8)22-14(21-11)13-19-9-10(20-13)16-6-5-15-9/h1-6H. The van der Waals surface area contributed by atoms with E-state index in [9.17, 15) is 0 Å². The molecular weight excluding hydrogens is 389 g/mol. The maximum atomic E-state index is 4.41. The fourth-order valence-electron chi connectivity index (χ4n) is 2.03. The Hall–Kier alpha value is -0.120. The van der Waals surface area contributed by atoms with Crippen molar-refractivity contribution in [3.63, 3.8) is 0 Å². The molecule has 1 aromatic carbocycles. The van der Waals surface area contributed by atoms with Crippen LogP contribution in [-0.4, -0.2) is 9.97 Å². The Labute approximate surface area is 153 Å². The molecule has 0 saturated carbocycles. The van der Waals surface area contributed by atoms with E-state index in [1.807, 2.05) is 47.0 Å². The lowest BCUT2D eigenvalue weighted by molar-refractivity contribution is 0.930. The van der Waals surface area contributed by atoms with Crippen molar-refractivity contribution in [1.29, 1.82) is 0 Å². The van der Waals surface area contributed by atoms with Gasteiger partial charge in [-0.2, -0.15) is 0 Å². The Balaban J connectivity index is 1.44. The number of hydrogen-bond acceptors (Lipinski definition) is 8. The minimum absolute atomic E-state index is 1.03. The molecule has 5 rings (SSSR count). The molecular formula is C14H6N2S6. The van der Waals surface area contributed by atoms with Crippen molar-refractivity contribution in [1.82, 2.24) is 9.97 Å². The number of rotatable bonds is 0. The van der Waals surface area contributed by atoms with Crippen LogP contribution in [0.25, 0.3) is 0 Å². The molecule has 0 unspecified atom stereocenters. The van der Waals surface area contributed by atoms with Gasteiger partial charge >= 0.3 is 0 Å². The molecule has 0 amide bonds. The number of benzene rings is 1. The van der Waals surface area contributed by atoms with Crippen LogP contribution in [0.2, 0.25) is 0 Å². The van der Waals surface area contributed by atoms with Gasteiger partial charge in [0.1, 0.15) is 10.1 Å². The highest BCUT2D eigenvalue weighted by molar-refractivity contribution is 8.42. The lowest BCUT2D eigenvalue weighted by Crippen LogP contribution is -1.83. The van der Waals surface area contributed by atoms with Crippen LogP contribution in [-0.2, 0) is 0 Å². The smallest absolute Gasteiger partial charge is 0.134 e. The van der Waals surface area contributed by atoms with Gasteiger partial charge in [0.15, 0.2) is 0 Å². The van der Waals surface area contributed by atoms with Crippen molar-refractivity contribution in [2.24, 2.45) is 0 Å². The fourth-order valence-corrected chi connectivity index (χ4v) is 10.4. The van der Waals surface area contributed by atoms with E-state index in [0.29, 0.717) is 0 Å². The molecule has 22 heavy (non-hydrogen) atoms. The molecule has 2 aromatic rings. The van der Waals surface area contributed by atoms with Gasteiger partial charge in [-0.3, -0.25) is 0 Å². The summed E-state index contributed by atoms with van der Waals surface area (Å²) in [6.45, 7) is 0. The largest absolute Gasteiger partial charge is 0.245 e. The zero-order valence-corrected chi connectivity index (χ0v) is 15.7. The zero-order valence-electron chi connectivity index (χ0n) is 10.8. The second-order valence-corrected chi connectivity index (χ2v) is 11.6. The predicted molar refractivity (Wildman–Crippen MR) is 101 cm³/mol. The van der Waals surface area contributed by atoms with E-state index in [1.165, 1.54) is 26.7 Å². The number of hydrogen-bond donors (Lipinski definition) is 0. The summed E-state index contributed by atoms with van der Waals surface area (Å²) in [5.41, 5.74) is 0. The summed E-state index contributed by atoms with van der Waals surface area (Å²) in [6.07, 6.45) is 3.53. The summed E-state index contributed by atoms with van der Waals surface area (Å²) in [5, 5.41) is 2.06. The number of thioether (sulfide) groups is 6. The quantitative estimate of drug-likeness (QED) is 0.513. The lowest BCUT2D eigenvalue weighted by Gasteiger charge is -2.14. The van der Waals surface area contributed by atoms with Crippen LogP contribution in [0.15, 0.2) is 73.5 Å². The van der Waals surface area contributed by atoms with Crippen LogP contribution in [0, 0.1) is 0 Å². The van der Waals surface area contributed by atoms with Crippen molar-refractivity contribution < 1.29 is 0 Å². The molecule has 0 aliphatic carbocycles. The van der Waals surface area contributed by atoms with E-state index in [0.717, 1.165) is 10.1 Å². The third-order valence-corrected chi connectivity index (χ3v) is 11.5. The Bertz CT molecular complexity index is 794. The molecule has 3 aliphatic rings. The highest BCUT2D eigenvalue weighted by atomic mass is 32.3. The van der Waals surface area contributed by atoms with Crippen LogP contribution in [0.3, 0.4) is 0 Å². The number of fused-ring (bicyclic) bond motifs is 2. The summed E-state index contributed by atoms with van der Waals surface area (Å²) in [6, 6.07) is 8.63. The maximum absolute atomic E-state index is 4.41. The lowest BCUT2D eigenvalue weighted by atomic mass is 10.4. The van der Waals surface area contributed by atoms with E-state index in [2.05, 4.69) is 34.2 Å². The summed E-state index contributed by atoms with van der Waals surface area (Å²) in [4.78, 5) is 11.5. The minimum Gasteiger partial charge on any atom is -0.245 e. The summed E-state index contributed by atoms with van der Waals surface area (Å²) >= 11 is 11.1. The average Bonchev–Trinajstić information content (AvgIpc) is 3.15. The molecule has 0 spiro atoms. The van der Waals surface area contributed by atoms with Crippen molar-refractivity contribution >= 4 is 70.6 Å². The first-order valence-corrected chi connectivity index (χ1v) is 11.2. The number of nitrogens with zero attached hydrogens (tertiary/aromatic N) is 2. The van der Waals surface area contributed by atoms with Crippen molar-refractivity contribution in [3.8, 4) is 0 Å². The van der Waals surface area contributed by atoms with E-state index in [1.54, 1.807) is 35.9 Å². The molecule has 8 heteroatoms. The Morgan fingerprint density at radius 3 is 1.55 bits per heavy atom. The van der Waals surface area contributed by atoms with E-state index < -0.39 is 0 Å². The SMILES string of the molecule is c1ccc2c(c1)SC1=C(SC(=C3Sc4nccnc4S3)S1)S2. The van der Waals surface area contributed by atoms with Gasteiger partial charge in [-0.15, -0.1) is 0 Å². The molecule has 0 radical (unpaired) electrons. The topological polar surface area (TPSA) is 25.8 Å². The van der Waals surface area contributed by atoms with Crippen LogP contribution in [0.4, 0.5) is 0 Å². The van der Waals surface area contributed by atoms with Gasteiger partial charge in [0.05, 0.1) is 16.9 Å². The first kappa shape index (κ1) is 14.2. The highest BCUT2D eigenvalue weighted by Crippen LogP contribution is 2.67. The van der Waals surface area contributed by atoms with Crippen molar-refractivity contribution in [2.75, 3.05) is 0 Å². The third-order valence-electron chi connectivity index (χ3n) is 2.97. The van der Waals surface area contributed by atoms with Gasteiger partial charge in [0.25, 0.3) is 0 Å². The van der Waals surface area contributed by atoms with E-state index in [4.69, 9.17) is 0 Å². The van der Waals surface area contributed by atoms with Gasteiger partial charge < -0.3 is 0 Å². The van der Waals surface area contributed by atoms with Crippen LogP contribution in [0.5, 0.6) is 0 Å². The molecule has 0 N–H and O–H groups in total. The average molecular weight is 395 g/mol. The van der Waals surface area contributed by atoms with Crippen LogP contribution < -0.4 is 0 Å². The monoisotopic (exact) mass is 394 g/mol. The second kappa shape index (κ2) is 5.75. The third kappa shape index (κ3) is 2.44. The normalized spacial score (nSPS) is 19.3. The molecule has 1 aromatic heterocycles. The molecule has 3 aliphatic heterocycles. The van der Waals surface area contributed by atoms with Gasteiger partial charge in [-0.25, -0.2) is 9.97 Å². The van der Waals surface area contributed by atoms with Crippen LogP contribution >= 0.6 is 70.6 Å². The van der Waals surface area contributed by atoms with Crippen molar-refractivity contribution in [2.45, 2.75) is 19.8 Å². The van der Waals surface area contributed by atoms with E-state index in [-0.39, 0.29) is 0 Å². The summed E-state index contributed by atoms with van der Waals surface area (Å²) in [7, 11) is 0. The molecule has 0 bridgehead atoms. The Kier molecular flexibility index (Phi) is 3.72. The maximum Gasteiger partial charge on any atom is 0.134 e. The van der Waals surface area contributed by atoms with Gasteiger partial charge in [0, 0.05) is 22.2 Å². The first-order valence-electron chi connectivity index (χ1n) is 6.32. The summed E-state index contributed by atoms with van der Waals surface area (Å²) < 4.78 is 5.51. The predicted octanol–water partition coefficient (Wildman–Crippen LogP) is 6.31. The molecule has 2 nitrogen and oxygen atoms in total. The molecule has 4 heterocycles. The molecule has 0 saturated heterocycles. The van der Waals surface area contributed by atoms with Gasteiger partial charge in [-0.1, -0.05) is 82.7 Å². The Morgan fingerprint density at radius 1 is 0.545 bits per heavy atom. The summed E-state index contributed by atoms with van der Waals surface area (Å²) in [5.74, 6) is 0. The highest BCUT2D eigenvalue weighted by Gasteiger charge is 2.32. The van der Waals surface area contributed by atoms with Crippen LogP contribution in [0.1, 0.15) is 0 Å². The Morgan fingerprint density at radius 2 is 1.00 bits per heavy atom. The molecule has 0 atom stereocenters. The second-order valence-electron chi connectivity index (χ2n) is 4.38. The van der Waals surface area contributed by atoms with Gasteiger partial charge in [-0.05, 0) is 12.1 Å². The minimum atomic E-state index is 1.03. The zero-order chi connectivity index (χ0) is 14.5. The fraction of sp³-hybridized carbons (Fsp3) is 0. The van der Waals surface area contributed by atoms with E-state index >= 15 is 0 Å². The first-order chi connectivity index (χ1) is 10.9. The van der Waals surface area contributed by atoms with Crippen molar-refractivity contribution in [3.05, 3.63) is 53.6 Å².